The highest BCUT2D eigenvalue weighted by atomic mass is 16.5. The van der Waals surface area contributed by atoms with Gasteiger partial charge < -0.3 is 14.6 Å². The first-order chi connectivity index (χ1) is 8.02. The highest BCUT2D eigenvalue weighted by molar-refractivity contribution is 5.43. The zero-order chi connectivity index (χ0) is 12.5. The van der Waals surface area contributed by atoms with Crippen molar-refractivity contribution in [1.82, 2.24) is 0 Å². The lowest BCUT2D eigenvalue weighted by Gasteiger charge is -2.25. The summed E-state index contributed by atoms with van der Waals surface area (Å²) < 4.78 is 11.1. The molecule has 3 heteroatoms. The van der Waals surface area contributed by atoms with Crippen molar-refractivity contribution < 1.29 is 14.6 Å². The van der Waals surface area contributed by atoms with E-state index in [9.17, 15) is 5.11 Å². The minimum Gasteiger partial charge on any atom is -0.493 e. The summed E-state index contributed by atoms with van der Waals surface area (Å²) in [7, 11) is 0. The van der Waals surface area contributed by atoms with Crippen LogP contribution in [0, 0.1) is 12.3 Å². The molecule has 0 aromatic heterocycles. The molecule has 0 spiro atoms. The molecule has 3 nitrogen and oxygen atoms in total. The van der Waals surface area contributed by atoms with Gasteiger partial charge in [0, 0.05) is 18.1 Å². The van der Waals surface area contributed by atoms with Crippen molar-refractivity contribution >= 4 is 0 Å². The Morgan fingerprint density at radius 1 is 1.53 bits per heavy atom. The summed E-state index contributed by atoms with van der Waals surface area (Å²) in [5, 5.41) is 9.78. The summed E-state index contributed by atoms with van der Waals surface area (Å²) in [6.07, 6.45) is 5.55. The van der Waals surface area contributed by atoms with Crippen LogP contribution in [0.15, 0.2) is 18.2 Å². The fourth-order valence-corrected chi connectivity index (χ4v) is 1.74. The molecule has 1 atom stereocenters. The average molecular weight is 232 g/mol. The van der Waals surface area contributed by atoms with Crippen molar-refractivity contribution in [2.75, 3.05) is 6.61 Å². The highest BCUT2D eigenvalue weighted by Gasteiger charge is 2.21. The molecular weight excluding hydrogens is 216 g/mol. The summed E-state index contributed by atoms with van der Waals surface area (Å²) in [6.45, 7) is 4.17. The lowest BCUT2D eigenvalue weighted by Crippen LogP contribution is -2.25. The number of rotatable bonds is 2. The van der Waals surface area contributed by atoms with Crippen LogP contribution in [0.5, 0.6) is 11.5 Å². The first-order valence-corrected chi connectivity index (χ1v) is 5.63. The standard InChI is InChI=1S/C14H16O3/c1-4-14(2,3)17-10-5-6-11-12(15)7-8-16-13(11)9-10/h1,5-6,9,12,15H,7-8H2,2-3H3. The van der Waals surface area contributed by atoms with E-state index < -0.39 is 11.7 Å². The molecule has 1 aliphatic rings. The molecule has 0 fully saturated rings. The van der Waals surface area contributed by atoms with Gasteiger partial charge in [0.1, 0.15) is 11.5 Å². The third-order valence-electron chi connectivity index (χ3n) is 2.71. The summed E-state index contributed by atoms with van der Waals surface area (Å²) in [5.74, 6) is 3.89. The SMILES string of the molecule is C#CC(C)(C)Oc1ccc2c(c1)OCCC2O. The van der Waals surface area contributed by atoms with E-state index in [1.807, 2.05) is 19.9 Å². The summed E-state index contributed by atoms with van der Waals surface area (Å²) >= 11 is 0. The molecule has 0 radical (unpaired) electrons. The number of terminal acetylenes is 1. The summed E-state index contributed by atoms with van der Waals surface area (Å²) in [5.41, 5.74) is 0.156. The molecular formula is C14H16O3. The zero-order valence-corrected chi connectivity index (χ0v) is 10.1. The van der Waals surface area contributed by atoms with Crippen LogP contribution in [0.2, 0.25) is 0 Å². The fourth-order valence-electron chi connectivity index (χ4n) is 1.74. The molecule has 1 aromatic rings. The average Bonchev–Trinajstić information content (AvgIpc) is 2.29. The number of fused-ring (bicyclic) bond motifs is 1. The van der Waals surface area contributed by atoms with Crippen LogP contribution in [0.4, 0.5) is 0 Å². The monoisotopic (exact) mass is 232 g/mol. The molecule has 2 rings (SSSR count). The smallest absolute Gasteiger partial charge is 0.163 e. The topological polar surface area (TPSA) is 38.7 Å². The Balaban J connectivity index is 2.25. The predicted molar refractivity (Wildman–Crippen MR) is 65.1 cm³/mol. The van der Waals surface area contributed by atoms with Crippen LogP contribution < -0.4 is 9.47 Å². The van der Waals surface area contributed by atoms with Crippen molar-refractivity contribution in [1.29, 1.82) is 0 Å². The van der Waals surface area contributed by atoms with Gasteiger partial charge in [0.2, 0.25) is 0 Å². The Hall–Kier alpha value is -1.66. The molecule has 90 valence electrons. The number of hydrogen-bond donors (Lipinski definition) is 1. The van der Waals surface area contributed by atoms with E-state index in [4.69, 9.17) is 15.9 Å². The quantitative estimate of drug-likeness (QED) is 0.795. The number of aliphatic hydroxyl groups excluding tert-OH is 1. The van der Waals surface area contributed by atoms with Crippen molar-refractivity contribution in [2.24, 2.45) is 0 Å². The van der Waals surface area contributed by atoms with Crippen LogP contribution >= 0.6 is 0 Å². The minimum atomic E-state index is -0.651. The third kappa shape index (κ3) is 2.54. The second-order valence-electron chi connectivity index (χ2n) is 4.61. The van der Waals surface area contributed by atoms with E-state index in [1.54, 1.807) is 12.1 Å². The van der Waals surface area contributed by atoms with E-state index in [0.717, 1.165) is 5.56 Å². The maximum atomic E-state index is 9.78. The lowest BCUT2D eigenvalue weighted by molar-refractivity contribution is 0.114. The first kappa shape index (κ1) is 11.8. The minimum absolute atomic E-state index is 0.451. The van der Waals surface area contributed by atoms with E-state index in [2.05, 4.69) is 5.92 Å². The first-order valence-electron chi connectivity index (χ1n) is 5.63. The van der Waals surface area contributed by atoms with Crippen molar-refractivity contribution in [3.63, 3.8) is 0 Å². The molecule has 1 aliphatic heterocycles. The molecule has 0 saturated carbocycles. The number of ether oxygens (including phenoxy) is 2. The Morgan fingerprint density at radius 2 is 2.29 bits per heavy atom. The largest absolute Gasteiger partial charge is 0.493 e. The van der Waals surface area contributed by atoms with Crippen LogP contribution in [0.1, 0.15) is 31.9 Å². The predicted octanol–water partition coefficient (Wildman–Crippen LogP) is 2.29. The molecule has 17 heavy (non-hydrogen) atoms. The Kier molecular flexibility index (Phi) is 2.99. The molecule has 1 unspecified atom stereocenters. The second kappa shape index (κ2) is 4.31. The van der Waals surface area contributed by atoms with Gasteiger partial charge in [0.05, 0.1) is 12.7 Å². The Labute approximate surface area is 101 Å². The van der Waals surface area contributed by atoms with Crippen LogP contribution in [-0.2, 0) is 0 Å². The van der Waals surface area contributed by atoms with Gasteiger partial charge in [-0.2, -0.15) is 0 Å². The molecule has 0 amide bonds. The van der Waals surface area contributed by atoms with E-state index >= 15 is 0 Å². The molecule has 1 heterocycles. The van der Waals surface area contributed by atoms with Gasteiger partial charge in [-0.3, -0.25) is 0 Å². The van der Waals surface area contributed by atoms with Gasteiger partial charge in [-0.15, -0.1) is 6.42 Å². The molecule has 0 bridgehead atoms. The van der Waals surface area contributed by atoms with Crippen LogP contribution in [0.25, 0.3) is 0 Å². The number of hydrogen-bond acceptors (Lipinski definition) is 3. The number of benzene rings is 1. The molecule has 1 N–H and O–H groups in total. The maximum Gasteiger partial charge on any atom is 0.163 e. The van der Waals surface area contributed by atoms with E-state index in [1.165, 1.54) is 0 Å². The Morgan fingerprint density at radius 3 is 3.00 bits per heavy atom. The van der Waals surface area contributed by atoms with Crippen molar-refractivity contribution in [3.05, 3.63) is 23.8 Å². The third-order valence-corrected chi connectivity index (χ3v) is 2.71. The van der Waals surface area contributed by atoms with Gasteiger partial charge in [0.25, 0.3) is 0 Å². The van der Waals surface area contributed by atoms with Gasteiger partial charge in [-0.1, -0.05) is 5.92 Å². The molecule has 0 aliphatic carbocycles. The lowest BCUT2D eigenvalue weighted by atomic mass is 10.0. The normalized spacial score (nSPS) is 18.8. The van der Waals surface area contributed by atoms with Crippen molar-refractivity contribution in [2.45, 2.75) is 32.0 Å². The van der Waals surface area contributed by atoms with E-state index in [-0.39, 0.29) is 0 Å². The summed E-state index contributed by atoms with van der Waals surface area (Å²) in [6, 6.07) is 5.40. The van der Waals surface area contributed by atoms with Crippen LogP contribution in [-0.4, -0.2) is 17.3 Å². The van der Waals surface area contributed by atoms with Gasteiger partial charge in [-0.05, 0) is 26.0 Å². The second-order valence-corrected chi connectivity index (χ2v) is 4.61. The zero-order valence-electron chi connectivity index (χ0n) is 10.1. The van der Waals surface area contributed by atoms with Gasteiger partial charge >= 0.3 is 0 Å². The van der Waals surface area contributed by atoms with Crippen molar-refractivity contribution in [3.8, 4) is 23.8 Å². The van der Waals surface area contributed by atoms with Gasteiger partial charge in [0.15, 0.2) is 5.60 Å². The maximum absolute atomic E-state index is 9.78. The van der Waals surface area contributed by atoms with E-state index in [0.29, 0.717) is 24.5 Å². The fraction of sp³-hybridized carbons (Fsp3) is 0.429. The molecule has 0 saturated heterocycles. The Bertz CT molecular complexity index is 457. The molecule has 1 aromatic carbocycles. The van der Waals surface area contributed by atoms with Crippen LogP contribution in [0.3, 0.4) is 0 Å². The highest BCUT2D eigenvalue weighted by Crippen LogP contribution is 2.35. The van der Waals surface area contributed by atoms with Gasteiger partial charge in [-0.25, -0.2) is 0 Å². The number of aliphatic hydroxyl groups is 1. The summed E-state index contributed by atoms with van der Waals surface area (Å²) in [4.78, 5) is 0.